The lowest BCUT2D eigenvalue weighted by molar-refractivity contribution is -0.384. The zero-order valence-electron chi connectivity index (χ0n) is 22.2. The van der Waals surface area contributed by atoms with Crippen LogP contribution < -0.4 is 24.4 Å². The second-order valence-corrected chi connectivity index (χ2v) is 10.4. The van der Waals surface area contributed by atoms with E-state index in [0.29, 0.717) is 54.7 Å². The third-order valence-corrected chi connectivity index (χ3v) is 7.80. The van der Waals surface area contributed by atoms with Gasteiger partial charge in [-0.25, -0.2) is 9.79 Å². The van der Waals surface area contributed by atoms with Crippen LogP contribution in [0.1, 0.15) is 36.8 Å². The highest BCUT2D eigenvalue weighted by Gasteiger charge is 2.34. The summed E-state index contributed by atoms with van der Waals surface area (Å²) in [6.45, 7) is 5.46. The van der Waals surface area contributed by atoms with Crippen molar-refractivity contribution in [1.29, 1.82) is 0 Å². The van der Waals surface area contributed by atoms with E-state index >= 15 is 0 Å². The second-order valence-electron chi connectivity index (χ2n) is 9.37. The van der Waals surface area contributed by atoms with Crippen LogP contribution in [0, 0.1) is 17.0 Å². The standard InChI is InChI=1S/C29H23N3O8S/c1-4-37-28(34)25-16(3)30-29-31(26(25)17-5-9-22-23(12-17)39-14-38-22)27(33)24(41-29)13-19-7-10-21(40-19)20-8-6-18(32(35)36)11-15(20)2/h5-13,26H,4,14H2,1-3H3/b24-13+. The van der Waals surface area contributed by atoms with E-state index < -0.39 is 16.9 Å². The van der Waals surface area contributed by atoms with E-state index in [4.69, 9.17) is 18.6 Å². The molecule has 0 saturated carbocycles. The number of rotatable bonds is 6. The van der Waals surface area contributed by atoms with Crippen molar-refractivity contribution in [3.63, 3.8) is 0 Å². The number of furan rings is 1. The van der Waals surface area contributed by atoms with Crippen LogP contribution in [0.25, 0.3) is 17.4 Å². The molecule has 2 aromatic carbocycles. The molecule has 2 aliphatic heterocycles. The molecule has 0 saturated heterocycles. The minimum Gasteiger partial charge on any atom is -0.463 e. The Morgan fingerprint density at radius 1 is 1.17 bits per heavy atom. The molecule has 1 atom stereocenters. The number of esters is 1. The number of carbonyl (C=O) groups excluding carboxylic acids is 1. The van der Waals surface area contributed by atoms with E-state index in [0.717, 1.165) is 0 Å². The molecule has 0 spiro atoms. The van der Waals surface area contributed by atoms with Crippen LogP contribution in [0.4, 0.5) is 5.69 Å². The summed E-state index contributed by atoms with van der Waals surface area (Å²) in [5.41, 5.74) is 2.39. The lowest BCUT2D eigenvalue weighted by Crippen LogP contribution is -2.39. The number of allylic oxidation sites excluding steroid dienone is 1. The molecule has 2 aromatic heterocycles. The number of hydrogen-bond acceptors (Lipinski definition) is 10. The summed E-state index contributed by atoms with van der Waals surface area (Å²) in [5, 5.41) is 11.1. The number of carbonyl (C=O) groups is 1. The third kappa shape index (κ3) is 4.61. The first-order valence-electron chi connectivity index (χ1n) is 12.7. The Morgan fingerprint density at radius 3 is 2.73 bits per heavy atom. The normalized spacial score (nSPS) is 16.0. The van der Waals surface area contributed by atoms with Crippen molar-refractivity contribution in [3.8, 4) is 22.8 Å². The van der Waals surface area contributed by atoms with Crippen molar-refractivity contribution in [2.75, 3.05) is 13.4 Å². The largest absolute Gasteiger partial charge is 0.463 e. The summed E-state index contributed by atoms with van der Waals surface area (Å²) >= 11 is 1.18. The Bertz CT molecular complexity index is 1950. The fourth-order valence-electron chi connectivity index (χ4n) is 4.93. The van der Waals surface area contributed by atoms with Gasteiger partial charge in [-0.1, -0.05) is 17.4 Å². The van der Waals surface area contributed by atoms with Gasteiger partial charge in [0.15, 0.2) is 16.3 Å². The Balaban J connectivity index is 1.45. The number of hydrogen-bond donors (Lipinski definition) is 0. The molecular weight excluding hydrogens is 550 g/mol. The van der Waals surface area contributed by atoms with Crippen LogP contribution in [-0.2, 0) is 9.53 Å². The molecule has 0 radical (unpaired) electrons. The highest BCUT2D eigenvalue weighted by molar-refractivity contribution is 7.07. The van der Waals surface area contributed by atoms with Gasteiger partial charge in [0.2, 0.25) is 6.79 Å². The smallest absolute Gasteiger partial charge is 0.338 e. The maximum atomic E-state index is 13.8. The number of ether oxygens (including phenoxy) is 3. The number of thiazole rings is 1. The zero-order chi connectivity index (χ0) is 28.8. The molecule has 0 aliphatic carbocycles. The summed E-state index contributed by atoms with van der Waals surface area (Å²) in [6.07, 6.45) is 1.62. The van der Waals surface area contributed by atoms with Gasteiger partial charge in [0.25, 0.3) is 11.2 Å². The van der Waals surface area contributed by atoms with E-state index in [1.807, 2.05) is 0 Å². The predicted octanol–water partition coefficient (Wildman–Crippen LogP) is 4.00. The Hall–Kier alpha value is -4.97. The number of nitro groups is 1. The van der Waals surface area contributed by atoms with Crippen LogP contribution in [0.2, 0.25) is 0 Å². The van der Waals surface area contributed by atoms with Gasteiger partial charge < -0.3 is 18.6 Å². The van der Waals surface area contributed by atoms with Crippen molar-refractivity contribution in [3.05, 3.63) is 106 Å². The monoisotopic (exact) mass is 573 g/mol. The van der Waals surface area contributed by atoms with Gasteiger partial charge in [0, 0.05) is 23.8 Å². The summed E-state index contributed by atoms with van der Waals surface area (Å²) < 4.78 is 24.2. The molecule has 0 bridgehead atoms. The summed E-state index contributed by atoms with van der Waals surface area (Å²) in [5.74, 6) is 1.47. The fraction of sp³-hybridized carbons (Fsp3) is 0.207. The van der Waals surface area contributed by atoms with Gasteiger partial charge in [-0.2, -0.15) is 0 Å². The number of fused-ring (bicyclic) bond motifs is 2. The molecular formula is C29H23N3O8S. The van der Waals surface area contributed by atoms with E-state index in [1.165, 1.54) is 28.0 Å². The van der Waals surface area contributed by atoms with Gasteiger partial charge in [0.1, 0.15) is 11.5 Å². The number of benzene rings is 2. The number of aromatic nitrogens is 1. The highest BCUT2D eigenvalue weighted by Crippen LogP contribution is 2.38. The minimum atomic E-state index is -0.795. The van der Waals surface area contributed by atoms with Gasteiger partial charge in [-0.3, -0.25) is 19.5 Å². The first kappa shape index (κ1) is 26.3. The predicted molar refractivity (Wildman–Crippen MR) is 148 cm³/mol. The van der Waals surface area contributed by atoms with E-state index in [1.54, 1.807) is 63.2 Å². The van der Waals surface area contributed by atoms with Crippen molar-refractivity contribution in [2.45, 2.75) is 26.8 Å². The maximum Gasteiger partial charge on any atom is 0.338 e. The molecule has 2 aliphatic rings. The Morgan fingerprint density at radius 2 is 1.98 bits per heavy atom. The van der Waals surface area contributed by atoms with Crippen molar-refractivity contribution in [2.24, 2.45) is 4.99 Å². The van der Waals surface area contributed by atoms with Crippen LogP contribution in [0.15, 0.2) is 74.0 Å². The SMILES string of the molecule is CCOC(=O)C1=C(C)N=c2s/c(=C/c3ccc(-c4ccc([N+](=O)[O-])cc4C)o3)c(=O)n2C1c1ccc2c(c1)OCO2. The molecule has 1 unspecified atom stereocenters. The van der Waals surface area contributed by atoms with Crippen LogP contribution in [0.3, 0.4) is 0 Å². The molecule has 0 amide bonds. The number of nitrogens with zero attached hydrogens (tertiary/aromatic N) is 3. The number of aryl methyl sites for hydroxylation is 1. The topological polar surface area (TPSA) is 135 Å². The number of non-ortho nitro benzene ring substituents is 1. The van der Waals surface area contributed by atoms with Crippen molar-refractivity contribution in [1.82, 2.24) is 4.57 Å². The summed E-state index contributed by atoms with van der Waals surface area (Å²) in [4.78, 5) is 42.6. The Labute approximate surface area is 236 Å². The summed E-state index contributed by atoms with van der Waals surface area (Å²) in [7, 11) is 0. The van der Waals surface area contributed by atoms with E-state index in [-0.39, 0.29) is 30.2 Å². The maximum absolute atomic E-state index is 13.8. The fourth-order valence-corrected chi connectivity index (χ4v) is 5.96. The third-order valence-electron chi connectivity index (χ3n) is 6.82. The first-order valence-corrected chi connectivity index (χ1v) is 13.5. The quantitative estimate of drug-likeness (QED) is 0.192. The molecule has 0 fully saturated rings. The summed E-state index contributed by atoms with van der Waals surface area (Å²) in [6, 6.07) is 12.5. The lowest BCUT2D eigenvalue weighted by Gasteiger charge is -2.24. The Kier molecular flexibility index (Phi) is 6.54. The van der Waals surface area contributed by atoms with E-state index in [2.05, 4.69) is 4.99 Å². The average molecular weight is 574 g/mol. The molecule has 0 N–H and O–H groups in total. The second kappa shape index (κ2) is 10.2. The van der Waals surface area contributed by atoms with Crippen molar-refractivity contribution < 1.29 is 28.3 Å². The van der Waals surface area contributed by atoms with E-state index in [9.17, 15) is 19.7 Å². The molecule has 6 rings (SSSR count). The lowest BCUT2D eigenvalue weighted by atomic mass is 9.95. The molecule has 41 heavy (non-hydrogen) atoms. The van der Waals surface area contributed by atoms with Crippen molar-refractivity contribution >= 4 is 29.1 Å². The van der Waals surface area contributed by atoms with Crippen LogP contribution >= 0.6 is 11.3 Å². The molecule has 4 heterocycles. The van der Waals surface area contributed by atoms with Crippen LogP contribution in [0.5, 0.6) is 11.5 Å². The average Bonchev–Trinajstić information content (AvgIpc) is 3.67. The zero-order valence-corrected chi connectivity index (χ0v) is 23.0. The van der Waals surface area contributed by atoms with Gasteiger partial charge in [0.05, 0.1) is 33.4 Å². The van der Waals surface area contributed by atoms with Gasteiger partial charge >= 0.3 is 5.97 Å². The molecule has 11 nitrogen and oxygen atoms in total. The highest BCUT2D eigenvalue weighted by atomic mass is 32.1. The minimum absolute atomic E-state index is 0.00589. The van der Waals surface area contributed by atoms with Gasteiger partial charge in [-0.15, -0.1) is 0 Å². The number of nitro benzene ring substituents is 1. The first-order chi connectivity index (χ1) is 19.7. The molecule has 208 valence electrons. The molecule has 12 heteroatoms. The molecule has 4 aromatic rings. The van der Waals surface area contributed by atoms with Crippen LogP contribution in [-0.4, -0.2) is 28.9 Å². The van der Waals surface area contributed by atoms with Gasteiger partial charge in [-0.05, 0) is 62.2 Å².